The van der Waals surface area contributed by atoms with Gasteiger partial charge in [0.2, 0.25) is 17.7 Å². The second-order valence-corrected chi connectivity index (χ2v) is 12.3. The quantitative estimate of drug-likeness (QED) is 0.515. The van der Waals surface area contributed by atoms with Gasteiger partial charge in [0, 0.05) is 30.9 Å². The van der Waals surface area contributed by atoms with Crippen LogP contribution in [0.15, 0.2) is 24.3 Å². The molecule has 7 nitrogen and oxygen atoms in total. The minimum atomic E-state index is -0.818. The monoisotopic (exact) mass is 503 g/mol. The highest BCUT2D eigenvalue weighted by Crippen LogP contribution is 2.61. The first-order chi connectivity index (χ1) is 16.7. The van der Waals surface area contributed by atoms with Crippen molar-refractivity contribution in [2.45, 2.75) is 82.0 Å². The minimum absolute atomic E-state index is 0.0107. The summed E-state index contributed by atoms with van der Waals surface area (Å²) in [6.07, 6.45) is 10.9. The molecular formula is C27H41N3O4S. The molecule has 4 rings (SSSR count). The first kappa shape index (κ1) is 26.3. The molecule has 2 fully saturated rings. The fourth-order valence-electron chi connectivity index (χ4n) is 6.56. The molecule has 0 saturated carbocycles. The van der Waals surface area contributed by atoms with Gasteiger partial charge in [-0.2, -0.15) is 0 Å². The number of thioether (sulfide) groups is 1. The molecule has 4 heterocycles. The van der Waals surface area contributed by atoms with Crippen molar-refractivity contribution in [1.29, 1.82) is 0 Å². The summed E-state index contributed by atoms with van der Waals surface area (Å²) in [5.74, 6) is -1.36. The van der Waals surface area contributed by atoms with Crippen molar-refractivity contribution in [2.75, 3.05) is 26.2 Å². The van der Waals surface area contributed by atoms with E-state index in [1.165, 1.54) is 0 Å². The average molecular weight is 504 g/mol. The van der Waals surface area contributed by atoms with Crippen molar-refractivity contribution in [3.05, 3.63) is 24.3 Å². The zero-order valence-electron chi connectivity index (χ0n) is 21.7. The molecule has 1 N–H and O–H groups in total. The predicted molar refractivity (Wildman–Crippen MR) is 139 cm³/mol. The van der Waals surface area contributed by atoms with E-state index in [1.54, 1.807) is 16.7 Å². The first-order valence-electron chi connectivity index (χ1n) is 13.3. The summed E-state index contributed by atoms with van der Waals surface area (Å²) in [7, 11) is 0. The Morgan fingerprint density at radius 2 is 1.80 bits per heavy atom. The van der Waals surface area contributed by atoms with E-state index < -0.39 is 28.7 Å². The van der Waals surface area contributed by atoms with Gasteiger partial charge >= 0.3 is 0 Å². The van der Waals surface area contributed by atoms with Gasteiger partial charge in [-0.05, 0) is 25.7 Å². The van der Waals surface area contributed by atoms with E-state index in [0.29, 0.717) is 19.6 Å². The number of fused-ring (bicyclic) bond motifs is 2. The maximum atomic E-state index is 14.3. The molecule has 0 aliphatic carbocycles. The lowest BCUT2D eigenvalue weighted by atomic mass is 9.78. The van der Waals surface area contributed by atoms with Gasteiger partial charge in [-0.15, -0.1) is 11.8 Å². The van der Waals surface area contributed by atoms with Gasteiger partial charge in [0.05, 0.1) is 29.2 Å². The molecule has 7 atom stereocenters. The Balaban J connectivity index is 1.84. The second-order valence-electron chi connectivity index (χ2n) is 10.8. The normalized spacial score (nSPS) is 34.1. The third-order valence-corrected chi connectivity index (χ3v) is 10.0. The van der Waals surface area contributed by atoms with Crippen LogP contribution in [0.1, 0.15) is 53.9 Å². The highest BCUT2D eigenvalue weighted by Gasteiger charge is 2.71. The molecule has 0 aromatic carbocycles. The first-order valence-corrected chi connectivity index (χ1v) is 14.2. The third kappa shape index (κ3) is 4.14. The summed E-state index contributed by atoms with van der Waals surface area (Å²) in [6.45, 7) is 11.7. The van der Waals surface area contributed by atoms with E-state index in [9.17, 15) is 19.5 Å². The second kappa shape index (κ2) is 10.3. The van der Waals surface area contributed by atoms with Gasteiger partial charge in [-0.3, -0.25) is 14.4 Å². The molecule has 4 aliphatic rings. The lowest BCUT2D eigenvalue weighted by molar-refractivity contribution is -0.148. The van der Waals surface area contributed by atoms with Crippen molar-refractivity contribution >= 4 is 29.5 Å². The van der Waals surface area contributed by atoms with E-state index in [0.717, 1.165) is 19.3 Å². The molecule has 3 amide bonds. The van der Waals surface area contributed by atoms with Gasteiger partial charge in [0.25, 0.3) is 0 Å². The zero-order chi connectivity index (χ0) is 25.5. The number of hydrogen-bond acceptors (Lipinski definition) is 5. The SMILES string of the molecule is CCCC(C)N1CC=C[C@]23S[C@@H]4C=CCN(CCC)C(=O)[C@@H]4[C@H]2C(=O)N([C@@H](CO)C(C)C)C3C1=O. The largest absolute Gasteiger partial charge is 0.394 e. The van der Waals surface area contributed by atoms with Crippen molar-refractivity contribution in [1.82, 2.24) is 14.7 Å². The molecule has 8 heteroatoms. The van der Waals surface area contributed by atoms with Crippen LogP contribution >= 0.6 is 11.8 Å². The van der Waals surface area contributed by atoms with Crippen LogP contribution in [0.2, 0.25) is 0 Å². The van der Waals surface area contributed by atoms with Crippen LogP contribution in [0.3, 0.4) is 0 Å². The van der Waals surface area contributed by atoms with Crippen molar-refractivity contribution in [2.24, 2.45) is 17.8 Å². The fraction of sp³-hybridized carbons (Fsp3) is 0.741. The fourth-order valence-corrected chi connectivity index (χ4v) is 8.56. The van der Waals surface area contributed by atoms with Crippen molar-refractivity contribution < 1.29 is 19.5 Å². The van der Waals surface area contributed by atoms with E-state index in [-0.39, 0.29) is 41.5 Å². The standard InChI is InChI=1S/C27H41N3O4S/c1-6-10-18(5)29-15-9-12-27-22(21-20(35-27)11-8-14-28(13-7-2)24(21)32)25(33)30(23(27)26(29)34)19(16-31)17(3)4/h8-9,11-12,17-23,31H,6-7,10,13-16H2,1-5H3/t18?,19-,20+,21-,22-,23?,27-/m0/s1. The summed E-state index contributed by atoms with van der Waals surface area (Å²) in [5, 5.41) is 10.2. The van der Waals surface area contributed by atoms with Crippen LogP contribution in [0.25, 0.3) is 0 Å². The summed E-state index contributed by atoms with van der Waals surface area (Å²) in [5.41, 5.74) is 0. The molecule has 35 heavy (non-hydrogen) atoms. The Morgan fingerprint density at radius 1 is 1.06 bits per heavy atom. The lowest BCUT2D eigenvalue weighted by Gasteiger charge is -2.41. The minimum Gasteiger partial charge on any atom is -0.394 e. The number of aliphatic hydroxyl groups is 1. The van der Waals surface area contributed by atoms with E-state index in [2.05, 4.69) is 32.9 Å². The molecule has 4 aliphatic heterocycles. The third-order valence-electron chi connectivity index (χ3n) is 8.26. The summed E-state index contributed by atoms with van der Waals surface area (Å²) < 4.78 is -0.818. The Bertz CT molecular complexity index is 905. The lowest BCUT2D eigenvalue weighted by Crippen LogP contribution is -2.58. The van der Waals surface area contributed by atoms with Crippen LogP contribution in [0, 0.1) is 17.8 Å². The molecule has 194 valence electrons. The number of nitrogens with zero attached hydrogens (tertiary/aromatic N) is 3. The van der Waals surface area contributed by atoms with Gasteiger partial charge in [0.15, 0.2) is 0 Å². The maximum absolute atomic E-state index is 14.3. The number of amides is 3. The average Bonchev–Trinajstić information content (AvgIpc) is 3.12. The highest BCUT2D eigenvalue weighted by molar-refractivity contribution is 8.02. The van der Waals surface area contributed by atoms with Crippen LogP contribution < -0.4 is 0 Å². The Morgan fingerprint density at radius 3 is 2.43 bits per heavy atom. The summed E-state index contributed by atoms with van der Waals surface area (Å²) in [4.78, 5) is 47.8. The van der Waals surface area contributed by atoms with Crippen LogP contribution in [-0.2, 0) is 14.4 Å². The van der Waals surface area contributed by atoms with Crippen LogP contribution in [0.5, 0.6) is 0 Å². The Hall–Kier alpha value is -1.80. The number of hydrogen-bond donors (Lipinski definition) is 1. The number of aliphatic hydroxyl groups excluding tert-OH is 1. The summed E-state index contributed by atoms with van der Waals surface area (Å²) >= 11 is 1.61. The highest BCUT2D eigenvalue weighted by atomic mass is 32.2. The number of carbonyl (C=O) groups excluding carboxylic acids is 3. The van der Waals surface area contributed by atoms with Crippen LogP contribution in [0.4, 0.5) is 0 Å². The van der Waals surface area contributed by atoms with Gasteiger partial charge < -0.3 is 19.8 Å². The molecule has 0 radical (unpaired) electrons. The van der Waals surface area contributed by atoms with Crippen molar-refractivity contribution in [3.8, 4) is 0 Å². The van der Waals surface area contributed by atoms with Gasteiger partial charge in [-0.1, -0.05) is 58.4 Å². The number of carbonyl (C=O) groups is 3. The Labute approximate surface area is 214 Å². The number of likely N-dealkylation sites (tertiary alicyclic amines) is 1. The topological polar surface area (TPSA) is 81.2 Å². The maximum Gasteiger partial charge on any atom is 0.247 e. The zero-order valence-corrected chi connectivity index (χ0v) is 22.5. The van der Waals surface area contributed by atoms with E-state index in [1.807, 2.05) is 35.8 Å². The van der Waals surface area contributed by atoms with Crippen molar-refractivity contribution in [3.63, 3.8) is 0 Å². The smallest absolute Gasteiger partial charge is 0.247 e. The van der Waals surface area contributed by atoms with Gasteiger partial charge in [-0.25, -0.2) is 0 Å². The molecule has 0 aromatic rings. The predicted octanol–water partition coefficient (Wildman–Crippen LogP) is 2.70. The molecule has 2 unspecified atom stereocenters. The Kier molecular flexibility index (Phi) is 7.72. The molecule has 0 bridgehead atoms. The molecule has 0 aromatic heterocycles. The molecule has 1 spiro atoms. The molecular weight excluding hydrogens is 462 g/mol. The van der Waals surface area contributed by atoms with E-state index >= 15 is 0 Å². The van der Waals surface area contributed by atoms with Gasteiger partial charge in [0.1, 0.15) is 6.04 Å². The summed E-state index contributed by atoms with van der Waals surface area (Å²) in [6, 6.07) is -1.15. The molecule has 2 saturated heterocycles. The van der Waals surface area contributed by atoms with Crippen LogP contribution in [-0.4, -0.2) is 91.9 Å². The van der Waals surface area contributed by atoms with E-state index in [4.69, 9.17) is 0 Å². The number of rotatable bonds is 8.